The average Bonchev–Trinajstić information content (AvgIpc) is 2.86. The molecule has 2 atom stereocenters. The zero-order valence-electron chi connectivity index (χ0n) is 11.0. The van der Waals surface area contributed by atoms with E-state index in [0.29, 0.717) is 17.7 Å². The molecule has 1 aliphatic rings. The molecule has 5 heteroatoms. The van der Waals surface area contributed by atoms with Gasteiger partial charge in [-0.1, -0.05) is 12.1 Å². The molecule has 2 rings (SSSR count). The number of carbonyl (C=O) groups excluding carboxylic acids is 1. The number of nitrogens with one attached hydrogen (secondary N) is 1. The molecule has 104 valence electrons. The van der Waals surface area contributed by atoms with Crippen LogP contribution in [0.5, 0.6) is 0 Å². The molecule has 3 N–H and O–H groups in total. The Morgan fingerprint density at radius 1 is 1.63 bits per heavy atom. The normalized spacial score (nSPS) is 20.4. The maximum Gasteiger partial charge on any atom is 0.239 e. The summed E-state index contributed by atoms with van der Waals surface area (Å²) in [7, 11) is 0. The molecule has 1 aromatic carbocycles. The van der Waals surface area contributed by atoms with Crippen LogP contribution in [-0.4, -0.2) is 25.2 Å². The number of carbonyl (C=O) groups is 1. The molecule has 0 radical (unpaired) electrons. The van der Waals surface area contributed by atoms with Gasteiger partial charge in [0.05, 0.1) is 6.10 Å². The fourth-order valence-corrected chi connectivity index (χ4v) is 2.28. The van der Waals surface area contributed by atoms with Crippen LogP contribution >= 0.6 is 0 Å². The topological polar surface area (TPSA) is 64.3 Å². The maximum atomic E-state index is 13.2. The van der Waals surface area contributed by atoms with E-state index in [1.807, 2.05) is 0 Å². The number of hydrogen-bond acceptors (Lipinski definition) is 3. The van der Waals surface area contributed by atoms with Gasteiger partial charge in [-0.25, -0.2) is 4.39 Å². The van der Waals surface area contributed by atoms with E-state index >= 15 is 0 Å². The molecule has 1 heterocycles. The van der Waals surface area contributed by atoms with E-state index in [-0.39, 0.29) is 11.9 Å². The summed E-state index contributed by atoms with van der Waals surface area (Å²) in [6.45, 7) is 3.00. The van der Waals surface area contributed by atoms with E-state index in [9.17, 15) is 9.18 Å². The Morgan fingerprint density at radius 2 is 2.42 bits per heavy atom. The average molecular weight is 266 g/mol. The second kappa shape index (κ2) is 6.12. The minimum atomic E-state index is -0.608. The van der Waals surface area contributed by atoms with Gasteiger partial charge < -0.3 is 10.5 Å². The summed E-state index contributed by atoms with van der Waals surface area (Å²) in [6.07, 6.45) is 2.16. The van der Waals surface area contributed by atoms with Crippen molar-refractivity contribution >= 4 is 5.91 Å². The molecule has 0 spiro atoms. The van der Waals surface area contributed by atoms with Crippen molar-refractivity contribution in [3.8, 4) is 0 Å². The molecule has 1 aromatic rings. The molecule has 0 aromatic heterocycles. The first-order chi connectivity index (χ1) is 9.08. The third-order valence-corrected chi connectivity index (χ3v) is 3.37. The van der Waals surface area contributed by atoms with Crippen LogP contribution in [0.4, 0.5) is 4.39 Å². The molecule has 4 nitrogen and oxygen atoms in total. The summed E-state index contributed by atoms with van der Waals surface area (Å²) in [4.78, 5) is 11.5. The summed E-state index contributed by atoms with van der Waals surface area (Å²) in [5.74, 6) is -0.755. The van der Waals surface area contributed by atoms with Gasteiger partial charge in [0.2, 0.25) is 5.91 Å². The van der Waals surface area contributed by atoms with Crippen molar-refractivity contribution in [3.05, 3.63) is 35.1 Å². The van der Waals surface area contributed by atoms with Crippen molar-refractivity contribution in [2.24, 2.45) is 5.73 Å². The van der Waals surface area contributed by atoms with E-state index in [4.69, 9.17) is 10.5 Å². The Balaban J connectivity index is 2.05. The summed E-state index contributed by atoms with van der Waals surface area (Å²) in [5.41, 5.74) is 6.59. The molecular formula is C14H19FN2O2. The first-order valence-electron chi connectivity index (χ1n) is 6.48. The van der Waals surface area contributed by atoms with Crippen LogP contribution in [0.2, 0.25) is 0 Å². The Kier molecular flexibility index (Phi) is 4.50. The number of rotatable bonds is 5. The van der Waals surface area contributed by atoms with E-state index in [1.54, 1.807) is 19.1 Å². The van der Waals surface area contributed by atoms with Gasteiger partial charge in [-0.15, -0.1) is 0 Å². The monoisotopic (exact) mass is 266 g/mol. The fourth-order valence-electron chi connectivity index (χ4n) is 2.28. The lowest BCUT2D eigenvalue weighted by atomic mass is 10.0. The molecule has 0 bridgehead atoms. The predicted octanol–water partition coefficient (Wildman–Crippen LogP) is 1.43. The number of aryl methyl sites for hydroxylation is 1. The molecule has 0 aliphatic carbocycles. The van der Waals surface area contributed by atoms with E-state index in [2.05, 4.69) is 5.32 Å². The predicted molar refractivity (Wildman–Crippen MR) is 70.0 cm³/mol. The van der Waals surface area contributed by atoms with Crippen molar-refractivity contribution in [1.82, 2.24) is 5.32 Å². The minimum Gasteiger partial charge on any atom is -0.377 e. The smallest absolute Gasteiger partial charge is 0.239 e. The van der Waals surface area contributed by atoms with E-state index < -0.39 is 11.9 Å². The van der Waals surface area contributed by atoms with Gasteiger partial charge in [-0.05, 0) is 37.0 Å². The highest BCUT2D eigenvalue weighted by atomic mass is 19.1. The second-order valence-electron chi connectivity index (χ2n) is 4.89. The standard InChI is InChI=1S/C14H19FN2O2/c1-9-7-10(4-5-12(9)15)13(14(16)18)17-8-11-3-2-6-19-11/h4-5,7,11,13,17H,2-3,6,8H2,1H3,(H2,16,18). The van der Waals surface area contributed by atoms with Crippen molar-refractivity contribution < 1.29 is 13.9 Å². The van der Waals surface area contributed by atoms with Gasteiger partial charge in [0.1, 0.15) is 11.9 Å². The Hall–Kier alpha value is -1.46. The number of nitrogens with two attached hydrogens (primary N) is 1. The Morgan fingerprint density at radius 3 is 3.00 bits per heavy atom. The molecule has 19 heavy (non-hydrogen) atoms. The molecule has 2 unspecified atom stereocenters. The zero-order chi connectivity index (χ0) is 13.8. The number of halogens is 1. The van der Waals surface area contributed by atoms with E-state index in [0.717, 1.165) is 19.4 Å². The number of benzene rings is 1. The van der Waals surface area contributed by atoms with Gasteiger partial charge in [-0.3, -0.25) is 10.1 Å². The second-order valence-corrected chi connectivity index (χ2v) is 4.89. The highest BCUT2D eigenvalue weighted by Gasteiger charge is 2.22. The van der Waals surface area contributed by atoms with Crippen LogP contribution in [0.15, 0.2) is 18.2 Å². The van der Waals surface area contributed by atoms with Crippen LogP contribution < -0.4 is 11.1 Å². The number of amides is 1. The third kappa shape index (κ3) is 3.52. The summed E-state index contributed by atoms with van der Waals surface area (Å²) < 4.78 is 18.7. The SMILES string of the molecule is Cc1cc(C(NCC2CCCO2)C(N)=O)ccc1F. The summed E-state index contributed by atoms with van der Waals surface area (Å²) in [5, 5.41) is 3.10. The number of ether oxygens (including phenoxy) is 1. The lowest BCUT2D eigenvalue weighted by Gasteiger charge is -2.19. The van der Waals surface area contributed by atoms with Crippen LogP contribution in [0.3, 0.4) is 0 Å². The van der Waals surface area contributed by atoms with Crippen molar-refractivity contribution in [1.29, 1.82) is 0 Å². The molecule has 1 amide bonds. The quantitative estimate of drug-likeness (QED) is 0.847. The Labute approximate surface area is 112 Å². The van der Waals surface area contributed by atoms with Crippen molar-refractivity contribution in [3.63, 3.8) is 0 Å². The van der Waals surface area contributed by atoms with Crippen LogP contribution in [0, 0.1) is 12.7 Å². The van der Waals surface area contributed by atoms with Crippen LogP contribution in [0.25, 0.3) is 0 Å². The van der Waals surface area contributed by atoms with Gasteiger partial charge in [0.15, 0.2) is 0 Å². The number of hydrogen-bond donors (Lipinski definition) is 2. The highest BCUT2D eigenvalue weighted by molar-refractivity contribution is 5.81. The number of primary amides is 1. The third-order valence-electron chi connectivity index (χ3n) is 3.37. The van der Waals surface area contributed by atoms with Gasteiger partial charge >= 0.3 is 0 Å². The van der Waals surface area contributed by atoms with Crippen molar-refractivity contribution in [2.75, 3.05) is 13.2 Å². The first-order valence-corrected chi connectivity index (χ1v) is 6.48. The molecule has 0 saturated carbocycles. The van der Waals surface area contributed by atoms with Crippen LogP contribution in [0.1, 0.15) is 30.0 Å². The minimum absolute atomic E-state index is 0.128. The largest absolute Gasteiger partial charge is 0.377 e. The molecular weight excluding hydrogens is 247 g/mol. The van der Waals surface area contributed by atoms with Gasteiger partial charge in [-0.2, -0.15) is 0 Å². The molecule has 1 saturated heterocycles. The Bertz CT molecular complexity index is 459. The molecule has 1 fully saturated rings. The lowest BCUT2D eigenvalue weighted by Crippen LogP contribution is -2.37. The van der Waals surface area contributed by atoms with Crippen LogP contribution in [-0.2, 0) is 9.53 Å². The van der Waals surface area contributed by atoms with Gasteiger partial charge in [0.25, 0.3) is 0 Å². The summed E-state index contributed by atoms with van der Waals surface area (Å²) in [6, 6.07) is 3.98. The highest BCUT2D eigenvalue weighted by Crippen LogP contribution is 2.18. The lowest BCUT2D eigenvalue weighted by molar-refractivity contribution is -0.120. The van der Waals surface area contributed by atoms with E-state index in [1.165, 1.54) is 6.07 Å². The zero-order valence-corrected chi connectivity index (χ0v) is 11.0. The summed E-state index contributed by atoms with van der Waals surface area (Å²) >= 11 is 0. The molecule has 1 aliphatic heterocycles. The van der Waals surface area contributed by atoms with Crippen molar-refractivity contribution in [2.45, 2.75) is 31.9 Å². The fraction of sp³-hybridized carbons (Fsp3) is 0.500. The maximum absolute atomic E-state index is 13.2. The van der Waals surface area contributed by atoms with Gasteiger partial charge in [0, 0.05) is 13.2 Å². The first kappa shape index (κ1) is 14.0.